The maximum atomic E-state index is 12.3. The fourth-order valence-corrected chi connectivity index (χ4v) is 3.46. The molecule has 0 aliphatic carbocycles. The van der Waals surface area contributed by atoms with Crippen molar-refractivity contribution in [2.75, 3.05) is 5.32 Å². The van der Waals surface area contributed by atoms with Gasteiger partial charge in [-0.25, -0.2) is 0 Å². The Kier molecular flexibility index (Phi) is 3.23. The van der Waals surface area contributed by atoms with Crippen LogP contribution in [0.5, 0.6) is 0 Å². The van der Waals surface area contributed by atoms with E-state index in [-0.39, 0.29) is 5.91 Å². The number of carbonyl (C=O) groups is 1. The lowest BCUT2D eigenvalue weighted by Crippen LogP contribution is -2.30. The summed E-state index contributed by atoms with van der Waals surface area (Å²) in [5, 5.41) is 2.93. The van der Waals surface area contributed by atoms with Gasteiger partial charge in [0.1, 0.15) is 4.32 Å². The molecule has 0 fully saturated rings. The first-order valence-corrected chi connectivity index (χ1v) is 7.52. The van der Waals surface area contributed by atoms with Crippen LogP contribution in [0, 0.1) is 0 Å². The summed E-state index contributed by atoms with van der Waals surface area (Å²) in [4.78, 5) is 12.3. The monoisotopic (exact) mass is 379 g/mol. The molecule has 1 N–H and O–H groups in total. The number of anilines is 1. The molecule has 4 heteroatoms. The summed E-state index contributed by atoms with van der Waals surface area (Å²) in [5.41, 5.74) is 2.99. The zero-order valence-electron chi connectivity index (χ0n) is 9.99. The predicted molar refractivity (Wildman–Crippen MR) is 83.5 cm³/mol. The Morgan fingerprint density at radius 3 is 2.58 bits per heavy atom. The minimum Gasteiger partial charge on any atom is -0.324 e. The standard InChI is InChI=1S/C15H11Br2NO/c16-11-6-7-13-12(8-11)15(17,14(19)18-13)9-10-4-2-1-3-5-10/h1-8H,9H2,(H,18,19). The third-order valence-electron chi connectivity index (χ3n) is 3.31. The molecule has 1 unspecified atom stereocenters. The van der Waals surface area contributed by atoms with Gasteiger partial charge in [-0.3, -0.25) is 4.79 Å². The molecule has 1 heterocycles. The lowest BCUT2D eigenvalue weighted by Gasteiger charge is -2.20. The van der Waals surface area contributed by atoms with Crippen LogP contribution in [0.2, 0.25) is 0 Å². The van der Waals surface area contributed by atoms with Gasteiger partial charge in [0.2, 0.25) is 5.91 Å². The van der Waals surface area contributed by atoms with Crippen LogP contribution in [-0.4, -0.2) is 5.91 Å². The van der Waals surface area contributed by atoms with E-state index in [4.69, 9.17) is 0 Å². The summed E-state index contributed by atoms with van der Waals surface area (Å²) < 4.78 is 0.285. The van der Waals surface area contributed by atoms with E-state index in [0.29, 0.717) is 6.42 Å². The summed E-state index contributed by atoms with van der Waals surface area (Å²) in [7, 11) is 0. The highest BCUT2D eigenvalue weighted by Crippen LogP contribution is 2.45. The Balaban J connectivity index is 2.04. The lowest BCUT2D eigenvalue weighted by atomic mass is 9.93. The van der Waals surface area contributed by atoms with Gasteiger partial charge in [-0.1, -0.05) is 62.2 Å². The van der Waals surface area contributed by atoms with Crippen LogP contribution in [0.25, 0.3) is 0 Å². The molecule has 1 aliphatic rings. The van der Waals surface area contributed by atoms with E-state index in [2.05, 4.69) is 37.2 Å². The molecule has 1 aliphatic heterocycles. The molecule has 0 aromatic heterocycles. The van der Waals surface area contributed by atoms with E-state index in [0.717, 1.165) is 21.3 Å². The Morgan fingerprint density at radius 2 is 1.84 bits per heavy atom. The highest BCUT2D eigenvalue weighted by Gasteiger charge is 2.44. The fourth-order valence-electron chi connectivity index (χ4n) is 2.35. The molecule has 0 radical (unpaired) electrons. The Labute approximate surface area is 128 Å². The lowest BCUT2D eigenvalue weighted by molar-refractivity contribution is -0.117. The third kappa shape index (κ3) is 2.23. The summed E-state index contributed by atoms with van der Waals surface area (Å²) >= 11 is 7.11. The number of fused-ring (bicyclic) bond motifs is 1. The number of alkyl halides is 1. The first kappa shape index (κ1) is 12.9. The zero-order chi connectivity index (χ0) is 13.5. The van der Waals surface area contributed by atoms with Crippen LogP contribution in [0.15, 0.2) is 53.0 Å². The molecule has 0 saturated heterocycles. The minimum atomic E-state index is -0.687. The maximum absolute atomic E-state index is 12.3. The molecular weight excluding hydrogens is 370 g/mol. The quantitative estimate of drug-likeness (QED) is 0.776. The zero-order valence-corrected chi connectivity index (χ0v) is 13.2. The molecule has 0 spiro atoms. The Hall–Kier alpha value is -1.13. The van der Waals surface area contributed by atoms with Crippen molar-refractivity contribution in [2.45, 2.75) is 10.7 Å². The number of halogens is 2. The Bertz CT molecular complexity index is 642. The number of amides is 1. The van der Waals surface area contributed by atoms with Crippen LogP contribution < -0.4 is 5.32 Å². The molecule has 1 amide bonds. The van der Waals surface area contributed by atoms with E-state index in [1.807, 2.05) is 48.5 Å². The van der Waals surface area contributed by atoms with Crippen LogP contribution in [0.3, 0.4) is 0 Å². The molecule has 1 atom stereocenters. The van der Waals surface area contributed by atoms with Crippen molar-refractivity contribution in [1.29, 1.82) is 0 Å². The molecule has 0 saturated carbocycles. The molecule has 2 aromatic carbocycles. The minimum absolute atomic E-state index is 0.00977. The molecule has 0 bridgehead atoms. The topological polar surface area (TPSA) is 29.1 Å². The highest BCUT2D eigenvalue weighted by molar-refractivity contribution is 9.10. The van der Waals surface area contributed by atoms with Crippen molar-refractivity contribution in [3.05, 3.63) is 64.1 Å². The van der Waals surface area contributed by atoms with Gasteiger partial charge < -0.3 is 5.32 Å². The van der Waals surface area contributed by atoms with Gasteiger partial charge in [0.15, 0.2) is 0 Å². The van der Waals surface area contributed by atoms with Gasteiger partial charge in [-0.15, -0.1) is 0 Å². The average Bonchev–Trinajstić information content (AvgIpc) is 2.64. The van der Waals surface area contributed by atoms with Gasteiger partial charge in [0, 0.05) is 22.1 Å². The van der Waals surface area contributed by atoms with Crippen LogP contribution in [-0.2, 0) is 15.5 Å². The van der Waals surface area contributed by atoms with Crippen molar-refractivity contribution in [1.82, 2.24) is 0 Å². The van der Waals surface area contributed by atoms with Gasteiger partial charge >= 0.3 is 0 Å². The Morgan fingerprint density at radius 1 is 1.11 bits per heavy atom. The van der Waals surface area contributed by atoms with Crippen molar-refractivity contribution in [3.63, 3.8) is 0 Å². The van der Waals surface area contributed by atoms with Crippen molar-refractivity contribution >= 4 is 43.5 Å². The second-order valence-electron chi connectivity index (χ2n) is 4.61. The molecule has 2 nitrogen and oxygen atoms in total. The van der Waals surface area contributed by atoms with E-state index in [9.17, 15) is 4.79 Å². The number of rotatable bonds is 2. The average molecular weight is 381 g/mol. The largest absolute Gasteiger partial charge is 0.324 e. The van der Waals surface area contributed by atoms with E-state index in [1.54, 1.807) is 0 Å². The third-order valence-corrected chi connectivity index (χ3v) is 4.87. The van der Waals surface area contributed by atoms with Crippen LogP contribution in [0.4, 0.5) is 5.69 Å². The number of carbonyl (C=O) groups excluding carboxylic acids is 1. The van der Waals surface area contributed by atoms with E-state index in [1.165, 1.54) is 0 Å². The normalized spacial score (nSPS) is 21.1. The van der Waals surface area contributed by atoms with Gasteiger partial charge in [0.05, 0.1) is 0 Å². The summed E-state index contributed by atoms with van der Waals surface area (Å²) in [6.45, 7) is 0. The van der Waals surface area contributed by atoms with Crippen LogP contribution in [0.1, 0.15) is 11.1 Å². The van der Waals surface area contributed by atoms with Gasteiger partial charge in [-0.05, 0) is 23.8 Å². The summed E-state index contributed by atoms with van der Waals surface area (Å²) in [6, 6.07) is 15.9. The second kappa shape index (κ2) is 4.76. The van der Waals surface area contributed by atoms with Gasteiger partial charge in [-0.2, -0.15) is 0 Å². The summed E-state index contributed by atoms with van der Waals surface area (Å²) in [6.07, 6.45) is 0.628. The highest BCUT2D eigenvalue weighted by atomic mass is 79.9. The first-order valence-electron chi connectivity index (χ1n) is 5.94. The smallest absolute Gasteiger partial charge is 0.246 e. The second-order valence-corrected chi connectivity index (χ2v) is 6.88. The molecule has 3 rings (SSSR count). The fraction of sp³-hybridized carbons (Fsp3) is 0.133. The summed E-state index contributed by atoms with van der Waals surface area (Å²) in [5.74, 6) is -0.00977. The van der Waals surface area contributed by atoms with E-state index >= 15 is 0 Å². The molecule has 19 heavy (non-hydrogen) atoms. The van der Waals surface area contributed by atoms with E-state index < -0.39 is 4.32 Å². The molecular formula is C15H11Br2NO. The predicted octanol–water partition coefficient (Wildman–Crippen LogP) is 4.23. The molecule has 2 aromatic rings. The van der Waals surface area contributed by atoms with Crippen molar-refractivity contribution in [2.24, 2.45) is 0 Å². The maximum Gasteiger partial charge on any atom is 0.246 e. The SMILES string of the molecule is O=C1Nc2ccc(Br)cc2C1(Br)Cc1ccccc1. The number of hydrogen-bond donors (Lipinski definition) is 1. The van der Waals surface area contributed by atoms with Crippen LogP contribution >= 0.6 is 31.9 Å². The van der Waals surface area contributed by atoms with Crippen molar-refractivity contribution in [3.8, 4) is 0 Å². The number of nitrogens with one attached hydrogen (secondary N) is 1. The van der Waals surface area contributed by atoms with Crippen molar-refractivity contribution < 1.29 is 4.79 Å². The molecule has 96 valence electrons. The number of hydrogen-bond acceptors (Lipinski definition) is 1. The number of benzene rings is 2. The first-order chi connectivity index (χ1) is 9.09. The van der Waals surface area contributed by atoms with Gasteiger partial charge in [0.25, 0.3) is 0 Å².